The van der Waals surface area contributed by atoms with Crippen LogP contribution in [0.3, 0.4) is 0 Å². The van der Waals surface area contributed by atoms with Gasteiger partial charge in [-0.3, -0.25) is 14.8 Å². The predicted molar refractivity (Wildman–Crippen MR) is 197 cm³/mol. The summed E-state index contributed by atoms with van der Waals surface area (Å²) in [4.78, 5) is 27.2. The summed E-state index contributed by atoms with van der Waals surface area (Å²) >= 11 is 0. The second-order valence-corrected chi connectivity index (χ2v) is 13.6. The van der Waals surface area contributed by atoms with Crippen LogP contribution in [0.25, 0.3) is 11.1 Å². The molecule has 1 aliphatic heterocycles. The number of aryl methyl sites for hydroxylation is 1. The number of carbonyl (C=O) groups is 2. The zero-order chi connectivity index (χ0) is 35.7. The van der Waals surface area contributed by atoms with E-state index in [9.17, 15) is 9.59 Å². The van der Waals surface area contributed by atoms with E-state index >= 15 is 0 Å². The topological polar surface area (TPSA) is 107 Å². The second kappa shape index (κ2) is 16.4. The Balaban J connectivity index is 1.13. The van der Waals surface area contributed by atoms with E-state index in [1.165, 1.54) is 11.1 Å². The number of amides is 2. The molecule has 0 saturated heterocycles. The number of fused-ring (bicyclic) bond motifs is 1. The molecule has 0 fully saturated rings. The van der Waals surface area contributed by atoms with Crippen LogP contribution in [-0.2, 0) is 22.5 Å². The molecule has 4 aromatic rings. The first-order chi connectivity index (χ1) is 24.0. The minimum Gasteiger partial charge on any atom is -0.493 e. The van der Waals surface area contributed by atoms with Gasteiger partial charge < -0.3 is 24.4 Å². The van der Waals surface area contributed by atoms with Crippen LogP contribution in [0.2, 0.25) is 0 Å². The van der Waals surface area contributed by atoms with E-state index in [1.807, 2.05) is 58.2 Å². The molecular weight excluding hydrogens is 630 g/mol. The van der Waals surface area contributed by atoms with Crippen molar-refractivity contribution in [2.24, 2.45) is 0 Å². The van der Waals surface area contributed by atoms with Gasteiger partial charge in [-0.15, -0.1) is 0 Å². The first kappa shape index (κ1) is 36.0. The van der Waals surface area contributed by atoms with Crippen molar-refractivity contribution in [1.29, 1.82) is 0 Å². The van der Waals surface area contributed by atoms with Crippen LogP contribution in [0, 0.1) is 13.8 Å². The molecule has 0 bridgehead atoms. The molecule has 0 radical (unpaired) electrons. The number of nitrogens with one attached hydrogen (secondary N) is 2. The van der Waals surface area contributed by atoms with E-state index in [0.717, 1.165) is 58.8 Å². The summed E-state index contributed by atoms with van der Waals surface area (Å²) in [5.74, 6) is 2.10. The molecule has 0 atom stereocenters. The van der Waals surface area contributed by atoms with Gasteiger partial charge in [0.2, 0.25) is 5.91 Å². The normalized spacial score (nSPS) is 12.5. The lowest BCUT2D eigenvalue weighted by Crippen LogP contribution is -2.36. The van der Waals surface area contributed by atoms with Gasteiger partial charge in [-0.25, -0.2) is 4.79 Å². The molecule has 0 aliphatic carbocycles. The summed E-state index contributed by atoms with van der Waals surface area (Å²) in [5, 5.41) is 10.3. The average molecular weight is 680 g/mol. The highest BCUT2D eigenvalue weighted by molar-refractivity contribution is 5.96. The molecule has 3 aromatic carbocycles. The Bertz CT molecular complexity index is 1810. The average Bonchev–Trinajstić information content (AvgIpc) is 3.53. The van der Waals surface area contributed by atoms with Gasteiger partial charge >= 0.3 is 6.09 Å². The number of anilines is 1. The Labute approximate surface area is 295 Å². The summed E-state index contributed by atoms with van der Waals surface area (Å²) in [7, 11) is 0. The number of benzene rings is 3. The number of hydrogen-bond acceptors (Lipinski definition) is 7. The standard InChI is InChI=1S/C40H49N5O5/c1-28-12-7-18-37(29(28)2)49-22-11-19-38(46)45-21-10-16-35-34(15-9-17-36(35)45)32-25-42-44(27-32)26-31-13-8-14-33(24-31)48-23-20-41-30(3)43-39(47)50-40(4,5)6/h7-9,12-15,17-18,24-25,27,41H,3,10-11,16,19-23,26H2,1-2,4-6H3,(H,43,47). The number of hydrogen-bond donors (Lipinski definition) is 2. The monoisotopic (exact) mass is 679 g/mol. The van der Waals surface area contributed by atoms with Crippen LogP contribution >= 0.6 is 0 Å². The number of ether oxygens (including phenoxy) is 3. The fourth-order valence-electron chi connectivity index (χ4n) is 5.93. The maximum Gasteiger partial charge on any atom is 0.413 e. The van der Waals surface area contributed by atoms with Crippen molar-refractivity contribution in [2.45, 2.75) is 72.4 Å². The molecule has 10 nitrogen and oxygen atoms in total. The minimum atomic E-state index is -0.584. The largest absolute Gasteiger partial charge is 0.493 e. The first-order valence-electron chi connectivity index (χ1n) is 17.3. The van der Waals surface area contributed by atoms with Crippen LogP contribution in [0.4, 0.5) is 10.5 Å². The molecule has 5 rings (SSSR count). The molecule has 2 heterocycles. The third-order valence-corrected chi connectivity index (χ3v) is 8.45. The number of nitrogens with zero attached hydrogens (tertiary/aromatic N) is 3. The molecule has 264 valence electrons. The van der Waals surface area contributed by atoms with Crippen molar-refractivity contribution in [3.05, 3.63) is 108 Å². The van der Waals surface area contributed by atoms with Gasteiger partial charge in [0, 0.05) is 30.4 Å². The Hall–Kier alpha value is -5.25. The quantitative estimate of drug-likeness (QED) is 0.135. The molecule has 0 spiro atoms. The van der Waals surface area contributed by atoms with Crippen LogP contribution < -0.4 is 25.0 Å². The molecule has 0 saturated carbocycles. The van der Waals surface area contributed by atoms with E-state index < -0.39 is 11.7 Å². The highest BCUT2D eigenvalue weighted by atomic mass is 16.6. The molecule has 50 heavy (non-hydrogen) atoms. The van der Waals surface area contributed by atoms with Gasteiger partial charge in [-0.1, -0.05) is 43.0 Å². The zero-order valence-electron chi connectivity index (χ0n) is 29.9. The Morgan fingerprint density at radius 3 is 2.62 bits per heavy atom. The highest BCUT2D eigenvalue weighted by Gasteiger charge is 2.25. The van der Waals surface area contributed by atoms with Crippen LogP contribution in [-0.4, -0.2) is 53.7 Å². The van der Waals surface area contributed by atoms with Crippen molar-refractivity contribution in [3.8, 4) is 22.6 Å². The Kier molecular flexibility index (Phi) is 11.8. The summed E-state index contributed by atoms with van der Waals surface area (Å²) in [6.07, 6.45) is 6.32. The molecule has 1 aliphatic rings. The zero-order valence-corrected chi connectivity index (χ0v) is 29.9. The van der Waals surface area contributed by atoms with E-state index in [1.54, 1.807) is 20.8 Å². The van der Waals surface area contributed by atoms with Crippen molar-refractivity contribution < 1.29 is 23.8 Å². The van der Waals surface area contributed by atoms with Crippen molar-refractivity contribution in [3.63, 3.8) is 0 Å². The molecule has 2 N–H and O–H groups in total. The molecule has 10 heteroatoms. The molecule has 0 unspecified atom stereocenters. The number of alkyl carbamates (subject to hydrolysis) is 1. The number of carbonyl (C=O) groups excluding carboxylic acids is 2. The third kappa shape index (κ3) is 9.90. The van der Waals surface area contributed by atoms with E-state index in [4.69, 9.17) is 14.2 Å². The summed E-state index contributed by atoms with van der Waals surface area (Å²) in [5.41, 5.74) is 7.12. The third-order valence-electron chi connectivity index (χ3n) is 8.45. The minimum absolute atomic E-state index is 0.128. The van der Waals surface area contributed by atoms with Gasteiger partial charge in [-0.05, 0) is 106 Å². The van der Waals surface area contributed by atoms with Crippen molar-refractivity contribution >= 4 is 17.7 Å². The highest BCUT2D eigenvalue weighted by Crippen LogP contribution is 2.36. The van der Waals surface area contributed by atoms with Crippen molar-refractivity contribution in [2.75, 3.05) is 31.2 Å². The van der Waals surface area contributed by atoms with Gasteiger partial charge in [0.1, 0.15) is 29.5 Å². The van der Waals surface area contributed by atoms with Crippen LogP contribution in [0.1, 0.15) is 62.3 Å². The fourth-order valence-corrected chi connectivity index (χ4v) is 5.93. The van der Waals surface area contributed by atoms with Crippen molar-refractivity contribution in [1.82, 2.24) is 20.4 Å². The lowest BCUT2D eigenvalue weighted by Gasteiger charge is -2.31. The van der Waals surface area contributed by atoms with Gasteiger partial charge in [0.05, 0.1) is 25.9 Å². The molecular formula is C40H49N5O5. The molecule has 2 amide bonds. The van der Waals surface area contributed by atoms with Gasteiger partial charge in [-0.2, -0.15) is 5.10 Å². The Morgan fingerprint density at radius 2 is 1.80 bits per heavy atom. The van der Waals surface area contributed by atoms with Crippen LogP contribution in [0.5, 0.6) is 11.5 Å². The van der Waals surface area contributed by atoms with E-state index in [2.05, 4.69) is 60.6 Å². The second-order valence-electron chi connectivity index (χ2n) is 13.6. The maximum absolute atomic E-state index is 13.4. The SMILES string of the molecule is C=C(NCCOc1cccc(Cn2cc(-c3cccc4c3CCCN4C(=O)CCCOc3cccc(C)c3C)cn2)c1)NC(=O)OC(C)(C)C. The number of rotatable bonds is 14. The number of aromatic nitrogens is 2. The summed E-state index contributed by atoms with van der Waals surface area (Å²) in [6.45, 7) is 16.0. The lowest BCUT2D eigenvalue weighted by molar-refractivity contribution is -0.118. The fraction of sp³-hybridized carbons (Fsp3) is 0.375. The van der Waals surface area contributed by atoms with Crippen LogP contribution in [0.15, 0.2) is 85.5 Å². The molecule has 1 aromatic heterocycles. The lowest BCUT2D eigenvalue weighted by atomic mass is 9.93. The smallest absolute Gasteiger partial charge is 0.413 e. The van der Waals surface area contributed by atoms with E-state index in [0.29, 0.717) is 45.0 Å². The summed E-state index contributed by atoms with van der Waals surface area (Å²) in [6, 6.07) is 20.2. The van der Waals surface area contributed by atoms with E-state index in [-0.39, 0.29) is 5.91 Å². The Morgan fingerprint density at radius 1 is 1.00 bits per heavy atom. The summed E-state index contributed by atoms with van der Waals surface area (Å²) < 4.78 is 19.1. The van der Waals surface area contributed by atoms with Gasteiger partial charge in [0.25, 0.3) is 0 Å². The maximum atomic E-state index is 13.4. The predicted octanol–water partition coefficient (Wildman–Crippen LogP) is 7.32. The first-order valence-corrected chi connectivity index (χ1v) is 17.3. The van der Waals surface area contributed by atoms with Gasteiger partial charge in [0.15, 0.2) is 0 Å².